The minimum Gasteiger partial charge on any atom is -0.318 e. The predicted molar refractivity (Wildman–Crippen MR) is 134 cm³/mol. The predicted octanol–water partition coefficient (Wildman–Crippen LogP) is 4.41. The Morgan fingerprint density at radius 2 is 1.74 bits per heavy atom. The maximum Gasteiger partial charge on any atom is 0.294 e. The van der Waals surface area contributed by atoms with Crippen molar-refractivity contribution in [2.75, 3.05) is 0 Å². The highest BCUT2D eigenvalue weighted by Crippen LogP contribution is 2.39. The van der Waals surface area contributed by atoms with Crippen LogP contribution in [0, 0.1) is 25.2 Å². The van der Waals surface area contributed by atoms with Gasteiger partial charge in [0.2, 0.25) is 10.0 Å². The number of carbonyl (C=O) groups is 2. The van der Waals surface area contributed by atoms with Crippen molar-refractivity contribution >= 4 is 39.0 Å². The number of primary sulfonamides is 1. The van der Waals surface area contributed by atoms with Crippen molar-refractivity contribution in [3.05, 3.63) is 87.6 Å². The Morgan fingerprint density at radius 1 is 1.09 bits per heavy atom. The number of sulfonamides is 1. The van der Waals surface area contributed by atoms with E-state index in [9.17, 15) is 23.3 Å². The van der Waals surface area contributed by atoms with Crippen LogP contribution in [0.25, 0.3) is 11.8 Å². The number of benzene rings is 2. The number of thioether (sulfide) groups is 1. The van der Waals surface area contributed by atoms with Crippen molar-refractivity contribution in [1.29, 1.82) is 5.26 Å². The van der Waals surface area contributed by atoms with Crippen LogP contribution in [0.15, 0.2) is 64.4 Å². The van der Waals surface area contributed by atoms with E-state index in [2.05, 4.69) is 6.07 Å². The van der Waals surface area contributed by atoms with Gasteiger partial charge in [-0.2, -0.15) is 5.26 Å². The first-order valence-electron chi connectivity index (χ1n) is 10.6. The average molecular weight is 507 g/mol. The molecule has 178 valence electrons. The minimum atomic E-state index is -3.79. The number of rotatable bonds is 5. The summed E-state index contributed by atoms with van der Waals surface area (Å²) in [6.07, 6.45) is 1.69. The average Bonchev–Trinajstić information content (AvgIpc) is 3.26. The Labute approximate surface area is 207 Å². The lowest BCUT2D eigenvalue weighted by Gasteiger charge is -2.22. The van der Waals surface area contributed by atoms with Gasteiger partial charge in [0.15, 0.2) is 0 Å². The molecule has 1 saturated heterocycles. The summed E-state index contributed by atoms with van der Waals surface area (Å²) < 4.78 is 25.0. The summed E-state index contributed by atoms with van der Waals surface area (Å²) in [7, 11) is -3.79. The third kappa shape index (κ3) is 4.53. The van der Waals surface area contributed by atoms with E-state index in [4.69, 9.17) is 5.14 Å². The van der Waals surface area contributed by atoms with Gasteiger partial charge < -0.3 is 4.57 Å². The topological polar surface area (TPSA) is 126 Å². The lowest BCUT2D eigenvalue weighted by atomic mass is 10.0. The van der Waals surface area contributed by atoms with Crippen LogP contribution in [-0.4, -0.2) is 29.0 Å². The fourth-order valence-corrected chi connectivity index (χ4v) is 5.59. The summed E-state index contributed by atoms with van der Waals surface area (Å²) in [5.41, 5.74) is 4.21. The van der Waals surface area contributed by atoms with Gasteiger partial charge in [-0.25, -0.2) is 13.6 Å². The van der Waals surface area contributed by atoms with E-state index in [0.29, 0.717) is 16.0 Å². The van der Waals surface area contributed by atoms with E-state index in [1.165, 1.54) is 17.0 Å². The quantitative estimate of drug-likeness (QED) is 0.511. The number of carbonyl (C=O) groups excluding carboxylic acids is 2. The maximum absolute atomic E-state index is 13.2. The molecule has 1 fully saturated rings. The Bertz CT molecular complexity index is 1530. The van der Waals surface area contributed by atoms with Gasteiger partial charge in [-0.15, -0.1) is 0 Å². The summed E-state index contributed by atoms with van der Waals surface area (Å²) in [5.74, 6) is -0.414. The molecule has 0 spiro atoms. The summed E-state index contributed by atoms with van der Waals surface area (Å²) >= 11 is 0.863. The molecule has 1 aliphatic rings. The number of hydrogen-bond donors (Lipinski definition) is 1. The summed E-state index contributed by atoms with van der Waals surface area (Å²) in [5, 5.41) is 14.2. The van der Waals surface area contributed by atoms with Gasteiger partial charge in [-0.05, 0) is 86.1 Å². The second-order valence-electron chi connectivity index (χ2n) is 8.13. The van der Waals surface area contributed by atoms with Gasteiger partial charge in [-0.3, -0.25) is 14.5 Å². The third-order valence-corrected chi connectivity index (χ3v) is 7.74. The number of amides is 2. The number of aromatic nitrogens is 1. The van der Waals surface area contributed by atoms with Crippen LogP contribution in [0.1, 0.15) is 41.0 Å². The Balaban J connectivity index is 1.66. The summed E-state index contributed by atoms with van der Waals surface area (Å²) in [4.78, 5) is 27.5. The molecule has 0 radical (unpaired) electrons. The Kier molecular flexibility index (Phi) is 6.42. The first-order valence-corrected chi connectivity index (χ1v) is 13.0. The van der Waals surface area contributed by atoms with E-state index in [0.717, 1.165) is 34.4 Å². The number of nitrogens with zero attached hydrogens (tertiary/aromatic N) is 3. The first kappa shape index (κ1) is 24.5. The number of nitrogens with two attached hydrogens (primary N) is 1. The van der Waals surface area contributed by atoms with Crippen LogP contribution in [0.4, 0.5) is 4.79 Å². The molecule has 2 heterocycles. The second-order valence-corrected chi connectivity index (χ2v) is 10.7. The van der Waals surface area contributed by atoms with Crippen LogP contribution in [0.3, 0.4) is 0 Å². The molecule has 2 amide bonds. The van der Waals surface area contributed by atoms with E-state index >= 15 is 0 Å². The van der Waals surface area contributed by atoms with Gasteiger partial charge in [0.1, 0.15) is 0 Å². The molecule has 1 aromatic heterocycles. The smallest absolute Gasteiger partial charge is 0.294 e. The zero-order valence-corrected chi connectivity index (χ0v) is 20.9. The third-order valence-electron chi connectivity index (χ3n) is 5.92. The molecule has 1 aliphatic heterocycles. The fourth-order valence-electron chi connectivity index (χ4n) is 4.17. The van der Waals surface area contributed by atoms with E-state index in [-0.39, 0.29) is 4.90 Å². The standard InChI is InChI=1S/C25H22N4O4S2/c1-15-12-19(16(2)28(15)20-8-10-21(11-9-20)35(27,32)33)13-23-24(30)29(25(31)34-23)17(3)22-7-5-4-6-18(22)14-26/h4-13,17H,1-3H3,(H2,27,32,33)/b23-13-. The van der Waals surface area contributed by atoms with Gasteiger partial charge in [0.05, 0.1) is 27.5 Å². The molecule has 2 aromatic carbocycles. The molecular formula is C25H22N4O4S2. The summed E-state index contributed by atoms with van der Waals surface area (Å²) in [6.45, 7) is 5.50. The first-order chi connectivity index (χ1) is 16.5. The lowest BCUT2D eigenvalue weighted by Crippen LogP contribution is -2.31. The van der Waals surface area contributed by atoms with Crippen LogP contribution in [-0.2, 0) is 14.8 Å². The van der Waals surface area contributed by atoms with Crippen molar-refractivity contribution in [2.24, 2.45) is 5.14 Å². The number of hydrogen-bond acceptors (Lipinski definition) is 6. The summed E-state index contributed by atoms with van der Waals surface area (Å²) in [6, 6.07) is 16.5. The zero-order valence-electron chi connectivity index (χ0n) is 19.2. The molecule has 4 rings (SSSR count). The normalized spacial score (nSPS) is 16.1. The fraction of sp³-hybridized carbons (Fsp3) is 0.160. The number of imide groups is 1. The van der Waals surface area contributed by atoms with E-state index < -0.39 is 27.2 Å². The molecule has 2 N–H and O–H groups in total. The number of nitriles is 1. The molecule has 0 bridgehead atoms. The Hall–Kier alpha value is -3.65. The van der Waals surface area contributed by atoms with Gasteiger partial charge in [-0.1, -0.05) is 18.2 Å². The van der Waals surface area contributed by atoms with Gasteiger partial charge in [0.25, 0.3) is 11.1 Å². The minimum absolute atomic E-state index is 0.0182. The lowest BCUT2D eigenvalue weighted by molar-refractivity contribution is -0.124. The molecule has 10 heteroatoms. The highest BCUT2D eigenvalue weighted by molar-refractivity contribution is 8.18. The largest absolute Gasteiger partial charge is 0.318 e. The van der Waals surface area contributed by atoms with Crippen molar-refractivity contribution in [3.8, 4) is 11.8 Å². The van der Waals surface area contributed by atoms with Crippen LogP contribution >= 0.6 is 11.8 Å². The molecule has 8 nitrogen and oxygen atoms in total. The maximum atomic E-state index is 13.2. The van der Waals surface area contributed by atoms with Crippen molar-refractivity contribution in [1.82, 2.24) is 9.47 Å². The monoisotopic (exact) mass is 506 g/mol. The van der Waals surface area contributed by atoms with Crippen molar-refractivity contribution in [3.63, 3.8) is 0 Å². The van der Waals surface area contributed by atoms with Crippen molar-refractivity contribution < 1.29 is 18.0 Å². The highest BCUT2D eigenvalue weighted by atomic mass is 32.2. The van der Waals surface area contributed by atoms with Crippen LogP contribution in [0.2, 0.25) is 0 Å². The molecule has 0 aliphatic carbocycles. The molecule has 0 saturated carbocycles. The molecule has 35 heavy (non-hydrogen) atoms. The van der Waals surface area contributed by atoms with Crippen LogP contribution in [0.5, 0.6) is 0 Å². The molecular weight excluding hydrogens is 484 g/mol. The number of aryl methyl sites for hydroxylation is 1. The van der Waals surface area contributed by atoms with E-state index in [1.807, 2.05) is 24.5 Å². The second kappa shape index (κ2) is 9.19. The van der Waals surface area contributed by atoms with Gasteiger partial charge in [0, 0.05) is 17.1 Å². The van der Waals surface area contributed by atoms with Gasteiger partial charge >= 0.3 is 0 Å². The van der Waals surface area contributed by atoms with Crippen molar-refractivity contribution in [2.45, 2.75) is 31.7 Å². The SMILES string of the molecule is Cc1cc(/C=C2\SC(=O)N(C(C)c3ccccc3C#N)C2=O)c(C)n1-c1ccc(S(N)(=O)=O)cc1. The molecule has 3 aromatic rings. The highest BCUT2D eigenvalue weighted by Gasteiger charge is 2.39. The van der Waals surface area contributed by atoms with Crippen LogP contribution < -0.4 is 5.14 Å². The van der Waals surface area contributed by atoms with E-state index in [1.54, 1.807) is 49.4 Å². The zero-order chi connectivity index (χ0) is 25.5. The Morgan fingerprint density at radius 3 is 2.37 bits per heavy atom. The molecule has 1 atom stereocenters. The molecule has 1 unspecified atom stereocenters.